The fourth-order valence-electron chi connectivity index (χ4n) is 5.28. The maximum Gasteiger partial charge on any atom is 0.143 e. The third-order valence-electron chi connectivity index (χ3n) is 6.67. The van der Waals surface area contributed by atoms with Gasteiger partial charge in [-0.15, -0.1) is 0 Å². The van der Waals surface area contributed by atoms with Crippen molar-refractivity contribution in [2.24, 2.45) is 0 Å². The van der Waals surface area contributed by atoms with Gasteiger partial charge in [0.1, 0.15) is 11.2 Å². The molecule has 0 N–H and O–H groups in total. The molecule has 0 atom stereocenters. The van der Waals surface area contributed by atoms with Crippen molar-refractivity contribution >= 4 is 43.5 Å². The van der Waals surface area contributed by atoms with Crippen molar-refractivity contribution < 1.29 is 4.42 Å². The summed E-state index contributed by atoms with van der Waals surface area (Å²) in [6.07, 6.45) is 0. The molecule has 0 unspecified atom stereocenters. The zero-order valence-electron chi connectivity index (χ0n) is 18.0. The highest BCUT2D eigenvalue weighted by Gasteiger charge is 2.19. The van der Waals surface area contributed by atoms with Gasteiger partial charge in [-0.1, -0.05) is 115 Å². The van der Waals surface area contributed by atoms with Crippen LogP contribution in [0.15, 0.2) is 126 Å². The van der Waals surface area contributed by atoms with E-state index in [1.165, 1.54) is 38.2 Å². The van der Waals surface area contributed by atoms with Crippen molar-refractivity contribution in [1.82, 2.24) is 0 Å². The lowest BCUT2D eigenvalue weighted by Crippen LogP contribution is -1.90. The third-order valence-corrected chi connectivity index (χ3v) is 6.67. The average Bonchev–Trinajstić information content (AvgIpc) is 3.27. The fourth-order valence-corrected chi connectivity index (χ4v) is 5.28. The van der Waals surface area contributed by atoms with Crippen molar-refractivity contribution in [3.8, 4) is 22.3 Å². The van der Waals surface area contributed by atoms with Crippen LogP contribution in [0.2, 0.25) is 0 Å². The van der Waals surface area contributed by atoms with Gasteiger partial charge in [-0.05, 0) is 38.7 Å². The number of furan rings is 1. The van der Waals surface area contributed by atoms with Gasteiger partial charge in [-0.2, -0.15) is 0 Å². The van der Waals surface area contributed by atoms with Gasteiger partial charge < -0.3 is 4.42 Å². The van der Waals surface area contributed by atoms with Crippen LogP contribution in [0, 0.1) is 0 Å². The highest BCUT2D eigenvalue weighted by molar-refractivity contribution is 6.24. The number of fused-ring (bicyclic) bond motifs is 5. The molecule has 0 radical (unpaired) electrons. The van der Waals surface area contributed by atoms with Gasteiger partial charge in [0.15, 0.2) is 0 Å². The van der Waals surface area contributed by atoms with Gasteiger partial charge in [-0.3, -0.25) is 0 Å². The van der Waals surface area contributed by atoms with E-state index in [2.05, 4.69) is 109 Å². The second-order valence-electron chi connectivity index (χ2n) is 8.49. The predicted molar refractivity (Wildman–Crippen MR) is 140 cm³/mol. The highest BCUT2D eigenvalue weighted by Crippen LogP contribution is 2.46. The van der Waals surface area contributed by atoms with Gasteiger partial charge in [0.25, 0.3) is 0 Å². The molecule has 1 aromatic heterocycles. The number of rotatable bonds is 2. The van der Waals surface area contributed by atoms with Crippen molar-refractivity contribution in [3.05, 3.63) is 121 Å². The quantitative estimate of drug-likeness (QED) is 0.254. The van der Waals surface area contributed by atoms with E-state index in [0.29, 0.717) is 0 Å². The summed E-state index contributed by atoms with van der Waals surface area (Å²) in [4.78, 5) is 0. The van der Waals surface area contributed by atoms with Crippen LogP contribution in [0.25, 0.3) is 65.7 Å². The molecule has 154 valence electrons. The van der Waals surface area contributed by atoms with Gasteiger partial charge in [-0.25, -0.2) is 0 Å². The molecule has 6 aromatic carbocycles. The Balaban J connectivity index is 1.69. The van der Waals surface area contributed by atoms with E-state index in [0.717, 1.165) is 27.5 Å². The van der Waals surface area contributed by atoms with E-state index in [1.54, 1.807) is 0 Å². The Hall–Kier alpha value is -4.36. The molecule has 0 aliphatic heterocycles. The van der Waals surface area contributed by atoms with Crippen LogP contribution in [0.5, 0.6) is 0 Å². The third kappa shape index (κ3) is 2.66. The first-order valence-corrected chi connectivity index (χ1v) is 11.3. The fraction of sp³-hybridized carbons (Fsp3) is 0. The minimum atomic E-state index is 0.925. The maximum atomic E-state index is 6.45. The summed E-state index contributed by atoms with van der Waals surface area (Å²) in [6.45, 7) is 0. The zero-order valence-corrected chi connectivity index (χ0v) is 18.0. The van der Waals surface area contributed by atoms with Crippen LogP contribution in [0.4, 0.5) is 0 Å². The standard InChI is InChI=1S/C32H20O/c1-2-11-21(12-3-1)30-23-14-4-6-16-25(23)31(26-17-7-5-15-24(26)30)28-19-10-18-27-22-13-8-9-20-29(22)33-32(27)28/h1-20H. The molecular weight excluding hydrogens is 400 g/mol. The van der Waals surface area contributed by atoms with E-state index in [1.807, 2.05) is 12.1 Å². The minimum absolute atomic E-state index is 0.925. The van der Waals surface area contributed by atoms with E-state index < -0.39 is 0 Å². The van der Waals surface area contributed by atoms with Gasteiger partial charge in [0, 0.05) is 21.9 Å². The van der Waals surface area contributed by atoms with Crippen LogP contribution in [0.1, 0.15) is 0 Å². The van der Waals surface area contributed by atoms with Crippen LogP contribution >= 0.6 is 0 Å². The Morgan fingerprint density at radius 1 is 0.364 bits per heavy atom. The Kier molecular flexibility index (Phi) is 3.91. The highest BCUT2D eigenvalue weighted by atomic mass is 16.3. The molecule has 1 heteroatoms. The molecule has 1 nitrogen and oxygen atoms in total. The van der Waals surface area contributed by atoms with Crippen molar-refractivity contribution in [2.45, 2.75) is 0 Å². The summed E-state index contributed by atoms with van der Waals surface area (Å²) >= 11 is 0. The van der Waals surface area contributed by atoms with E-state index in [4.69, 9.17) is 4.42 Å². The SMILES string of the molecule is c1ccc(-c2c3ccccc3c(-c3cccc4c3oc3ccccc34)c3ccccc23)cc1. The van der Waals surface area contributed by atoms with Crippen LogP contribution in [-0.2, 0) is 0 Å². The molecule has 0 saturated heterocycles. The Labute approximate surface area is 191 Å². The average molecular weight is 421 g/mol. The molecule has 0 aliphatic rings. The first kappa shape index (κ1) is 18.2. The Bertz CT molecular complexity index is 1750. The second-order valence-corrected chi connectivity index (χ2v) is 8.49. The molecule has 7 rings (SSSR count). The molecule has 0 spiro atoms. The van der Waals surface area contributed by atoms with E-state index >= 15 is 0 Å². The maximum absolute atomic E-state index is 6.45. The molecule has 33 heavy (non-hydrogen) atoms. The summed E-state index contributed by atoms with van der Waals surface area (Å²) in [7, 11) is 0. The minimum Gasteiger partial charge on any atom is -0.455 e. The normalized spacial score (nSPS) is 11.6. The lowest BCUT2D eigenvalue weighted by Gasteiger charge is -2.17. The molecule has 0 aliphatic carbocycles. The molecule has 0 bridgehead atoms. The largest absolute Gasteiger partial charge is 0.455 e. The molecule has 0 amide bonds. The lowest BCUT2D eigenvalue weighted by molar-refractivity contribution is 0.670. The van der Waals surface area contributed by atoms with Crippen molar-refractivity contribution in [3.63, 3.8) is 0 Å². The molecule has 0 fully saturated rings. The van der Waals surface area contributed by atoms with Gasteiger partial charge in [0.05, 0.1) is 0 Å². The number of para-hydroxylation sites is 2. The predicted octanol–water partition coefficient (Wildman–Crippen LogP) is 9.23. The number of hydrogen-bond acceptors (Lipinski definition) is 1. The first-order chi connectivity index (χ1) is 16.4. The second kappa shape index (κ2) is 7.08. The molecular formula is C32H20O. The summed E-state index contributed by atoms with van der Waals surface area (Å²) in [6, 6.07) is 43.0. The van der Waals surface area contributed by atoms with E-state index in [9.17, 15) is 0 Å². The summed E-state index contributed by atoms with van der Waals surface area (Å²) in [5, 5.41) is 7.30. The number of hydrogen-bond donors (Lipinski definition) is 0. The Morgan fingerprint density at radius 3 is 1.55 bits per heavy atom. The van der Waals surface area contributed by atoms with Crippen molar-refractivity contribution in [1.29, 1.82) is 0 Å². The summed E-state index contributed by atoms with van der Waals surface area (Å²) in [5.41, 5.74) is 6.75. The molecule has 0 saturated carbocycles. The molecule has 1 heterocycles. The first-order valence-electron chi connectivity index (χ1n) is 11.3. The van der Waals surface area contributed by atoms with Gasteiger partial charge >= 0.3 is 0 Å². The van der Waals surface area contributed by atoms with Crippen LogP contribution in [0.3, 0.4) is 0 Å². The zero-order chi connectivity index (χ0) is 21.8. The summed E-state index contributed by atoms with van der Waals surface area (Å²) < 4.78 is 6.45. The van der Waals surface area contributed by atoms with Gasteiger partial charge in [0.2, 0.25) is 0 Å². The monoisotopic (exact) mass is 420 g/mol. The van der Waals surface area contributed by atoms with Crippen molar-refractivity contribution in [2.75, 3.05) is 0 Å². The summed E-state index contributed by atoms with van der Waals surface area (Å²) in [5.74, 6) is 0. The van der Waals surface area contributed by atoms with E-state index in [-0.39, 0.29) is 0 Å². The lowest BCUT2D eigenvalue weighted by atomic mass is 9.85. The molecule has 7 aromatic rings. The number of benzene rings is 6. The Morgan fingerprint density at radius 2 is 0.879 bits per heavy atom. The topological polar surface area (TPSA) is 13.1 Å². The van der Waals surface area contributed by atoms with Crippen LogP contribution in [-0.4, -0.2) is 0 Å². The smallest absolute Gasteiger partial charge is 0.143 e. The van der Waals surface area contributed by atoms with Crippen LogP contribution < -0.4 is 0 Å².